The fourth-order valence-corrected chi connectivity index (χ4v) is 1.59. The van der Waals surface area contributed by atoms with Gasteiger partial charge in [0.15, 0.2) is 0 Å². The lowest BCUT2D eigenvalue weighted by Gasteiger charge is -2.27. The number of likely N-dealkylation sites (N-methyl/N-ethyl adjacent to an activating group) is 1. The standard InChI is InChI=1S/C12H20N4O2/c1-4-16(8-12(2,3)18)11(17)10-7-9(15-13)5-6-14-10/h5-7,18H,4,8,13H2,1-3H3,(H,14,15). The molecule has 0 saturated heterocycles. The van der Waals surface area contributed by atoms with E-state index in [9.17, 15) is 9.90 Å². The Morgan fingerprint density at radius 2 is 2.28 bits per heavy atom. The first kappa shape index (κ1) is 14.4. The molecule has 1 heterocycles. The van der Waals surface area contributed by atoms with Crippen LogP contribution in [0.4, 0.5) is 5.69 Å². The molecular weight excluding hydrogens is 232 g/mol. The van der Waals surface area contributed by atoms with E-state index in [4.69, 9.17) is 5.84 Å². The first-order valence-electron chi connectivity index (χ1n) is 5.81. The van der Waals surface area contributed by atoms with Gasteiger partial charge in [-0.3, -0.25) is 15.6 Å². The molecule has 1 amide bonds. The Bertz CT molecular complexity index is 415. The van der Waals surface area contributed by atoms with Crippen molar-refractivity contribution in [3.63, 3.8) is 0 Å². The van der Waals surface area contributed by atoms with Gasteiger partial charge in [-0.15, -0.1) is 0 Å². The zero-order chi connectivity index (χ0) is 13.8. The molecular formula is C12H20N4O2. The van der Waals surface area contributed by atoms with E-state index in [2.05, 4.69) is 10.4 Å². The summed E-state index contributed by atoms with van der Waals surface area (Å²) in [5.74, 6) is 5.06. The molecule has 0 bridgehead atoms. The van der Waals surface area contributed by atoms with Crippen molar-refractivity contribution in [2.45, 2.75) is 26.4 Å². The van der Waals surface area contributed by atoms with Gasteiger partial charge in [-0.2, -0.15) is 0 Å². The van der Waals surface area contributed by atoms with E-state index in [1.165, 1.54) is 6.20 Å². The van der Waals surface area contributed by atoms with Crippen LogP contribution < -0.4 is 11.3 Å². The number of nitrogens with zero attached hydrogens (tertiary/aromatic N) is 2. The van der Waals surface area contributed by atoms with Gasteiger partial charge >= 0.3 is 0 Å². The summed E-state index contributed by atoms with van der Waals surface area (Å²) in [5, 5.41) is 9.77. The molecule has 4 N–H and O–H groups in total. The molecule has 6 nitrogen and oxygen atoms in total. The number of pyridine rings is 1. The normalized spacial score (nSPS) is 11.2. The topological polar surface area (TPSA) is 91.5 Å². The zero-order valence-electron chi connectivity index (χ0n) is 11.0. The minimum atomic E-state index is -0.935. The summed E-state index contributed by atoms with van der Waals surface area (Å²) in [5.41, 5.74) is 2.45. The molecule has 0 aliphatic rings. The predicted octanol–water partition coefficient (Wildman–Crippen LogP) is 0.600. The number of nitrogen functional groups attached to an aromatic ring is 1. The summed E-state index contributed by atoms with van der Waals surface area (Å²) in [7, 11) is 0. The maximum absolute atomic E-state index is 12.2. The van der Waals surface area contributed by atoms with Gasteiger partial charge in [0.25, 0.3) is 5.91 Å². The molecule has 6 heteroatoms. The fraction of sp³-hybridized carbons (Fsp3) is 0.500. The van der Waals surface area contributed by atoms with Crippen LogP contribution in [-0.2, 0) is 0 Å². The SMILES string of the molecule is CCN(CC(C)(C)O)C(=O)c1cc(NN)ccn1. The number of aromatic nitrogens is 1. The maximum Gasteiger partial charge on any atom is 0.272 e. The average molecular weight is 252 g/mol. The van der Waals surface area contributed by atoms with Crippen LogP contribution in [0.1, 0.15) is 31.3 Å². The quantitative estimate of drug-likeness (QED) is 0.527. The average Bonchev–Trinajstić information content (AvgIpc) is 2.34. The third kappa shape index (κ3) is 3.97. The molecule has 0 aliphatic heterocycles. The van der Waals surface area contributed by atoms with Gasteiger partial charge in [0.1, 0.15) is 5.69 Å². The highest BCUT2D eigenvalue weighted by molar-refractivity contribution is 5.93. The number of hydrogen-bond acceptors (Lipinski definition) is 5. The van der Waals surface area contributed by atoms with Crippen LogP contribution in [-0.4, -0.2) is 39.6 Å². The number of aliphatic hydroxyl groups is 1. The van der Waals surface area contributed by atoms with Gasteiger partial charge in [0.2, 0.25) is 0 Å². The van der Waals surface area contributed by atoms with Gasteiger partial charge in [-0.1, -0.05) is 0 Å². The number of nitrogens with two attached hydrogens (primary N) is 1. The molecule has 100 valence electrons. The summed E-state index contributed by atoms with van der Waals surface area (Å²) in [6, 6.07) is 3.25. The van der Waals surface area contributed by atoms with Crippen LogP contribution in [0.3, 0.4) is 0 Å². The van der Waals surface area contributed by atoms with Crippen LogP contribution in [0.5, 0.6) is 0 Å². The number of rotatable bonds is 5. The van der Waals surface area contributed by atoms with Crippen molar-refractivity contribution < 1.29 is 9.90 Å². The van der Waals surface area contributed by atoms with E-state index in [-0.39, 0.29) is 12.5 Å². The summed E-state index contributed by atoms with van der Waals surface area (Å²) >= 11 is 0. The molecule has 1 aromatic heterocycles. The molecule has 0 radical (unpaired) electrons. The van der Waals surface area contributed by atoms with Crippen molar-refractivity contribution in [1.82, 2.24) is 9.88 Å². The van der Waals surface area contributed by atoms with Crippen molar-refractivity contribution in [3.8, 4) is 0 Å². The molecule has 1 rings (SSSR count). The van der Waals surface area contributed by atoms with Crippen molar-refractivity contribution in [3.05, 3.63) is 24.0 Å². The molecule has 0 unspecified atom stereocenters. The largest absolute Gasteiger partial charge is 0.389 e. The Morgan fingerprint density at radius 3 is 2.78 bits per heavy atom. The Balaban J connectivity index is 2.89. The number of carbonyl (C=O) groups excluding carboxylic acids is 1. The van der Waals surface area contributed by atoms with E-state index in [1.54, 1.807) is 30.9 Å². The van der Waals surface area contributed by atoms with Gasteiger partial charge < -0.3 is 15.4 Å². The first-order valence-corrected chi connectivity index (χ1v) is 5.81. The highest BCUT2D eigenvalue weighted by Crippen LogP contribution is 2.11. The molecule has 0 spiro atoms. The second kappa shape index (κ2) is 5.79. The third-order valence-corrected chi connectivity index (χ3v) is 2.39. The van der Waals surface area contributed by atoms with Crippen LogP contribution >= 0.6 is 0 Å². The lowest BCUT2D eigenvalue weighted by molar-refractivity contribution is 0.0311. The smallest absolute Gasteiger partial charge is 0.272 e. The third-order valence-electron chi connectivity index (χ3n) is 2.39. The molecule has 0 aromatic carbocycles. The number of hydrazine groups is 1. The molecule has 0 saturated carbocycles. The van der Waals surface area contributed by atoms with Crippen molar-refractivity contribution >= 4 is 11.6 Å². The molecule has 18 heavy (non-hydrogen) atoms. The number of amides is 1. The minimum Gasteiger partial charge on any atom is -0.389 e. The van der Waals surface area contributed by atoms with Crippen molar-refractivity contribution in [1.29, 1.82) is 0 Å². The zero-order valence-corrected chi connectivity index (χ0v) is 11.0. The summed E-state index contributed by atoms with van der Waals surface area (Å²) in [4.78, 5) is 17.8. The Labute approximate surface area is 107 Å². The highest BCUT2D eigenvalue weighted by atomic mass is 16.3. The summed E-state index contributed by atoms with van der Waals surface area (Å²) < 4.78 is 0. The van der Waals surface area contributed by atoms with Crippen LogP contribution in [0.25, 0.3) is 0 Å². The monoisotopic (exact) mass is 252 g/mol. The Hall–Kier alpha value is -1.66. The number of nitrogens with one attached hydrogen (secondary N) is 1. The van der Waals surface area contributed by atoms with Crippen LogP contribution in [0.2, 0.25) is 0 Å². The molecule has 0 atom stereocenters. The van der Waals surface area contributed by atoms with E-state index < -0.39 is 5.60 Å². The van der Waals surface area contributed by atoms with Crippen molar-refractivity contribution in [2.75, 3.05) is 18.5 Å². The number of carbonyl (C=O) groups is 1. The van der Waals surface area contributed by atoms with Crippen LogP contribution in [0.15, 0.2) is 18.3 Å². The van der Waals surface area contributed by atoms with E-state index >= 15 is 0 Å². The highest BCUT2D eigenvalue weighted by Gasteiger charge is 2.23. The Kier molecular flexibility index (Phi) is 4.63. The molecule has 0 aliphatic carbocycles. The second-order valence-corrected chi connectivity index (χ2v) is 4.71. The maximum atomic E-state index is 12.2. The van der Waals surface area contributed by atoms with E-state index in [0.717, 1.165) is 0 Å². The fourth-order valence-electron chi connectivity index (χ4n) is 1.59. The summed E-state index contributed by atoms with van der Waals surface area (Å²) in [6.45, 7) is 5.94. The van der Waals surface area contributed by atoms with Gasteiger partial charge in [-0.05, 0) is 32.9 Å². The van der Waals surface area contributed by atoms with Gasteiger partial charge in [0, 0.05) is 19.3 Å². The number of hydrogen-bond donors (Lipinski definition) is 3. The van der Waals surface area contributed by atoms with Crippen molar-refractivity contribution in [2.24, 2.45) is 5.84 Å². The van der Waals surface area contributed by atoms with Gasteiger partial charge in [-0.25, -0.2) is 0 Å². The van der Waals surface area contributed by atoms with E-state index in [0.29, 0.717) is 17.9 Å². The Morgan fingerprint density at radius 1 is 1.61 bits per heavy atom. The summed E-state index contributed by atoms with van der Waals surface area (Å²) in [6.07, 6.45) is 1.51. The lowest BCUT2D eigenvalue weighted by atomic mass is 10.1. The molecule has 1 aromatic rings. The second-order valence-electron chi connectivity index (χ2n) is 4.71. The first-order chi connectivity index (χ1) is 8.37. The van der Waals surface area contributed by atoms with Gasteiger partial charge in [0.05, 0.1) is 11.3 Å². The number of anilines is 1. The minimum absolute atomic E-state index is 0.225. The van der Waals surface area contributed by atoms with E-state index in [1.807, 2.05) is 6.92 Å². The molecule has 0 fully saturated rings. The van der Waals surface area contributed by atoms with Crippen LogP contribution in [0, 0.1) is 0 Å². The lowest BCUT2D eigenvalue weighted by Crippen LogP contribution is -2.42. The predicted molar refractivity (Wildman–Crippen MR) is 69.9 cm³/mol.